The Hall–Kier alpha value is -4.61. The average Bonchev–Trinajstić information content (AvgIpc) is 3.41. The van der Waals surface area contributed by atoms with Gasteiger partial charge in [-0.15, -0.1) is 0 Å². The third kappa shape index (κ3) is 8.76. The van der Waals surface area contributed by atoms with Gasteiger partial charge in [-0.25, -0.2) is 13.6 Å². The molecule has 11 heteroatoms. The van der Waals surface area contributed by atoms with Gasteiger partial charge in [0, 0.05) is 60.5 Å². The zero-order chi connectivity index (χ0) is 33.4. The zero-order valence-electron chi connectivity index (χ0n) is 26.2. The second kappa shape index (κ2) is 15.6. The maximum Gasteiger partial charge on any atom is 0.335 e. The van der Waals surface area contributed by atoms with Gasteiger partial charge in [-0.3, -0.25) is 9.59 Å². The fraction of sp³-hybridized carbons (Fsp3) is 0.343. The number of nitrogens with zero attached hydrogens (tertiary/aromatic N) is 1. The molecule has 2 atom stereocenters. The Labute approximate surface area is 266 Å². The topological polar surface area (TPSA) is 135 Å². The number of halogens is 2. The number of carbonyl (C=O) groups is 3. The Bertz CT molecular complexity index is 1680. The van der Waals surface area contributed by atoms with Crippen LogP contribution in [0.1, 0.15) is 74.5 Å². The van der Waals surface area contributed by atoms with E-state index < -0.39 is 35.7 Å². The highest BCUT2D eigenvalue weighted by Gasteiger charge is 2.24. The van der Waals surface area contributed by atoms with Crippen molar-refractivity contribution in [1.29, 1.82) is 0 Å². The minimum Gasteiger partial charge on any atom is -0.478 e. The lowest BCUT2D eigenvalue weighted by molar-refractivity contribution is 0.0695. The number of rotatable bonds is 15. The fourth-order valence-corrected chi connectivity index (χ4v) is 5.56. The van der Waals surface area contributed by atoms with Gasteiger partial charge in [0.15, 0.2) is 0 Å². The van der Waals surface area contributed by atoms with E-state index >= 15 is 0 Å². The molecule has 2 amide bonds. The monoisotopic (exact) mass is 634 g/mol. The first-order chi connectivity index (χ1) is 22.0. The zero-order valence-corrected chi connectivity index (χ0v) is 26.2. The number of nitrogens with one attached hydrogen (secondary N) is 3. The second-order valence-corrected chi connectivity index (χ2v) is 11.5. The smallest absolute Gasteiger partial charge is 0.335 e. The van der Waals surface area contributed by atoms with E-state index in [1.165, 1.54) is 18.2 Å². The molecule has 1 aromatic heterocycles. The highest BCUT2D eigenvalue weighted by atomic mass is 19.1. The number of carboxylic acid groups (broad SMARTS) is 1. The summed E-state index contributed by atoms with van der Waals surface area (Å²) in [4.78, 5) is 42.9. The molecule has 5 N–H and O–H groups in total. The van der Waals surface area contributed by atoms with Crippen molar-refractivity contribution in [3.05, 3.63) is 106 Å². The van der Waals surface area contributed by atoms with Gasteiger partial charge in [-0.1, -0.05) is 19.9 Å². The summed E-state index contributed by atoms with van der Waals surface area (Å²) in [7, 11) is 0. The minimum atomic E-state index is -1.17. The summed E-state index contributed by atoms with van der Waals surface area (Å²) in [6.45, 7) is 7.29. The number of benzene rings is 3. The minimum absolute atomic E-state index is 0.0170. The third-order valence-corrected chi connectivity index (χ3v) is 7.70. The maximum absolute atomic E-state index is 14.0. The first-order valence-electron chi connectivity index (χ1n) is 15.4. The average molecular weight is 635 g/mol. The number of aromatic carboxylic acids is 1. The van der Waals surface area contributed by atoms with Crippen LogP contribution in [0.4, 0.5) is 8.78 Å². The lowest BCUT2D eigenvalue weighted by Crippen LogP contribution is -2.48. The van der Waals surface area contributed by atoms with Crippen LogP contribution in [-0.2, 0) is 13.0 Å². The van der Waals surface area contributed by atoms with Gasteiger partial charge in [0.05, 0.1) is 17.7 Å². The van der Waals surface area contributed by atoms with E-state index in [0.717, 1.165) is 42.0 Å². The van der Waals surface area contributed by atoms with Crippen LogP contribution in [0.3, 0.4) is 0 Å². The van der Waals surface area contributed by atoms with Gasteiger partial charge >= 0.3 is 5.97 Å². The highest BCUT2D eigenvalue weighted by molar-refractivity contribution is 6.00. The number of aryl methyl sites for hydroxylation is 1. The number of aromatic amines is 1. The first-order valence-corrected chi connectivity index (χ1v) is 15.4. The summed E-state index contributed by atoms with van der Waals surface area (Å²) in [6.07, 6.45) is 2.10. The Kier molecular flexibility index (Phi) is 11.6. The molecule has 1 heterocycles. The van der Waals surface area contributed by atoms with Gasteiger partial charge in [0.1, 0.15) is 11.6 Å². The molecule has 46 heavy (non-hydrogen) atoms. The van der Waals surface area contributed by atoms with Gasteiger partial charge in [0.25, 0.3) is 11.8 Å². The summed E-state index contributed by atoms with van der Waals surface area (Å²) in [6, 6.07) is 11.8. The van der Waals surface area contributed by atoms with Gasteiger partial charge < -0.3 is 30.7 Å². The van der Waals surface area contributed by atoms with Gasteiger partial charge in [0.2, 0.25) is 0 Å². The maximum atomic E-state index is 14.0. The Morgan fingerprint density at radius 1 is 0.913 bits per heavy atom. The van der Waals surface area contributed by atoms with Crippen LogP contribution in [0.15, 0.2) is 60.8 Å². The summed E-state index contributed by atoms with van der Waals surface area (Å²) < 4.78 is 28.1. The predicted octanol–water partition coefficient (Wildman–Crippen LogP) is 5.21. The standard InChI is InChI=1S/C35H40F2N4O5/c1-4-8-41(9-5-2)34(44)25-11-21(3)10-24(15-25)33(43)40-31(14-22-12-27(36)17-28(37)13-22)32(42)20-38-18-26-19-39-30-16-23(35(45)46)6-7-29(26)30/h6-7,10-13,15-17,19,31-32,38-39,42H,4-5,8-9,14,18,20H2,1-3H3,(H,40,43)(H,45,46)/t31-,32+/m0/s1. The van der Waals surface area contributed by atoms with Gasteiger partial charge in [-0.2, -0.15) is 0 Å². The fourth-order valence-electron chi connectivity index (χ4n) is 5.56. The van der Waals surface area contributed by atoms with Crippen molar-refractivity contribution in [3.63, 3.8) is 0 Å². The summed E-state index contributed by atoms with van der Waals surface area (Å²) in [5.41, 5.74) is 3.22. The van der Waals surface area contributed by atoms with Crippen molar-refractivity contribution < 1.29 is 33.4 Å². The highest BCUT2D eigenvalue weighted by Crippen LogP contribution is 2.20. The number of hydrogen-bond donors (Lipinski definition) is 5. The van der Waals surface area contributed by atoms with E-state index in [1.807, 2.05) is 13.8 Å². The number of carbonyl (C=O) groups excluding carboxylic acids is 2. The van der Waals surface area contributed by atoms with E-state index in [0.29, 0.717) is 36.3 Å². The molecule has 0 fully saturated rings. The Morgan fingerprint density at radius 2 is 1.59 bits per heavy atom. The normalized spacial score (nSPS) is 12.6. The SMILES string of the molecule is CCCN(CCC)C(=O)c1cc(C)cc(C(=O)N[C@@H](Cc2cc(F)cc(F)c2)[C@H](O)CNCc2c[nH]c3cc(C(=O)O)ccc23)c1. The van der Waals surface area contributed by atoms with Crippen LogP contribution < -0.4 is 10.6 Å². The predicted molar refractivity (Wildman–Crippen MR) is 172 cm³/mol. The molecule has 4 aromatic rings. The van der Waals surface area contributed by atoms with Crippen molar-refractivity contribution in [1.82, 2.24) is 20.5 Å². The molecular weight excluding hydrogens is 594 g/mol. The number of aliphatic hydroxyl groups is 1. The third-order valence-electron chi connectivity index (χ3n) is 7.70. The number of fused-ring (bicyclic) bond motifs is 1. The lowest BCUT2D eigenvalue weighted by atomic mass is 9.99. The van der Waals surface area contributed by atoms with Gasteiger partial charge in [-0.05, 0) is 85.3 Å². The first kappa shape index (κ1) is 34.3. The Balaban J connectivity index is 1.52. The molecule has 0 aliphatic heterocycles. The van der Waals surface area contributed by atoms with E-state index in [1.54, 1.807) is 36.2 Å². The number of aromatic nitrogens is 1. The van der Waals surface area contributed by atoms with Crippen LogP contribution in [0, 0.1) is 18.6 Å². The van der Waals surface area contributed by atoms with Crippen LogP contribution in [0.2, 0.25) is 0 Å². The Morgan fingerprint density at radius 3 is 2.24 bits per heavy atom. The molecular formula is C35H40F2N4O5. The molecule has 0 aliphatic carbocycles. The van der Waals surface area contributed by atoms with Crippen molar-refractivity contribution in [2.75, 3.05) is 19.6 Å². The molecule has 0 spiro atoms. The molecule has 0 radical (unpaired) electrons. The summed E-state index contributed by atoms with van der Waals surface area (Å²) >= 11 is 0. The number of hydrogen-bond acceptors (Lipinski definition) is 5. The molecule has 0 saturated carbocycles. The summed E-state index contributed by atoms with van der Waals surface area (Å²) in [5, 5.41) is 27.3. The van der Waals surface area contributed by atoms with Crippen molar-refractivity contribution in [2.45, 2.75) is 58.7 Å². The molecule has 244 valence electrons. The summed E-state index contributed by atoms with van der Waals surface area (Å²) in [5.74, 6) is -3.29. The van der Waals surface area contributed by atoms with E-state index in [2.05, 4.69) is 15.6 Å². The molecule has 9 nitrogen and oxygen atoms in total. The molecule has 4 rings (SSSR count). The number of carboxylic acids is 1. The number of aliphatic hydroxyl groups excluding tert-OH is 1. The van der Waals surface area contributed by atoms with E-state index in [9.17, 15) is 33.4 Å². The van der Waals surface area contributed by atoms with Crippen LogP contribution >= 0.6 is 0 Å². The number of H-pyrrole nitrogens is 1. The van der Waals surface area contributed by atoms with Crippen molar-refractivity contribution in [2.24, 2.45) is 0 Å². The van der Waals surface area contributed by atoms with Crippen molar-refractivity contribution in [3.8, 4) is 0 Å². The van der Waals surface area contributed by atoms with Crippen LogP contribution in [0.25, 0.3) is 10.9 Å². The van der Waals surface area contributed by atoms with Crippen LogP contribution in [-0.4, -0.2) is 69.7 Å². The molecule has 0 unspecified atom stereocenters. The quantitative estimate of drug-likeness (QED) is 0.122. The van der Waals surface area contributed by atoms with E-state index in [-0.39, 0.29) is 35.6 Å². The molecule has 0 saturated heterocycles. The van der Waals surface area contributed by atoms with Crippen molar-refractivity contribution >= 4 is 28.7 Å². The largest absolute Gasteiger partial charge is 0.478 e. The second-order valence-electron chi connectivity index (χ2n) is 11.5. The molecule has 3 aromatic carbocycles. The van der Waals surface area contributed by atoms with Crippen LogP contribution in [0.5, 0.6) is 0 Å². The molecule has 0 aliphatic rings. The molecule has 0 bridgehead atoms. The van der Waals surface area contributed by atoms with E-state index in [4.69, 9.17) is 0 Å². The number of amides is 2. The lowest BCUT2D eigenvalue weighted by Gasteiger charge is -2.25.